The fourth-order valence-electron chi connectivity index (χ4n) is 0.550. The van der Waals surface area contributed by atoms with Gasteiger partial charge < -0.3 is 0 Å². The van der Waals surface area contributed by atoms with Gasteiger partial charge in [0.25, 0.3) is 0 Å². The van der Waals surface area contributed by atoms with E-state index in [9.17, 15) is 0 Å². The molecule has 0 bridgehead atoms. The number of hydrogen-bond acceptors (Lipinski definition) is 0. The first-order valence-corrected chi connectivity index (χ1v) is 4.44. The molecule has 0 nitrogen and oxygen atoms in total. The summed E-state index contributed by atoms with van der Waals surface area (Å²) in [5.74, 6) is 0. The van der Waals surface area contributed by atoms with E-state index in [1.165, 1.54) is 4.44 Å². The van der Waals surface area contributed by atoms with Crippen molar-refractivity contribution in [2.75, 3.05) is 0 Å². The van der Waals surface area contributed by atoms with E-state index >= 15 is 0 Å². The molecule has 1 heteroatoms. The summed E-state index contributed by atoms with van der Waals surface area (Å²) in [5.41, 5.74) is 0. The monoisotopic (exact) mass is 172 g/mol. The van der Waals surface area contributed by atoms with E-state index in [2.05, 4.69) is 36.1 Å². The van der Waals surface area contributed by atoms with Crippen molar-refractivity contribution in [3.63, 3.8) is 0 Å². The molecule has 8 heavy (non-hydrogen) atoms. The zero-order valence-electron chi connectivity index (χ0n) is 4.79. The van der Waals surface area contributed by atoms with Crippen molar-refractivity contribution < 1.29 is 0 Å². The number of allylic oxidation sites excluding steroid dienone is 1. The van der Waals surface area contributed by atoms with Crippen molar-refractivity contribution in [3.05, 3.63) is 27.6 Å². The molecule has 0 aromatic carbocycles. The first-order valence-electron chi connectivity index (χ1n) is 2.59. The Balaban J connectivity index is 2.77. The van der Waals surface area contributed by atoms with Crippen LogP contribution in [0.1, 0.15) is 11.4 Å². The molecule has 0 fully saturated rings. The predicted octanol–water partition coefficient (Wildman–Crippen LogP) is 1.78. The topological polar surface area (TPSA) is 0 Å². The predicted molar refractivity (Wildman–Crippen MR) is 38.1 cm³/mol. The van der Waals surface area contributed by atoms with Crippen LogP contribution in [0.5, 0.6) is 0 Å². The van der Waals surface area contributed by atoms with Crippen molar-refractivity contribution >= 4 is 20.6 Å². The molecule has 42 valence electrons. The van der Waals surface area contributed by atoms with E-state index in [0.717, 1.165) is 0 Å². The van der Waals surface area contributed by atoms with E-state index in [4.69, 9.17) is 0 Å². The summed E-state index contributed by atoms with van der Waals surface area (Å²) in [6.45, 7) is 2.05. The molecule has 1 aromatic heterocycles. The molecule has 0 aliphatic carbocycles. The third-order valence-electron chi connectivity index (χ3n) is 0.874. The van der Waals surface area contributed by atoms with Crippen LogP contribution in [0.2, 0.25) is 0 Å². The number of hydrogen-bond donors (Lipinski definition) is 0. The van der Waals surface area contributed by atoms with Gasteiger partial charge in [0.2, 0.25) is 0 Å². The molecule has 1 rings (SSSR count). The summed E-state index contributed by atoms with van der Waals surface area (Å²) in [6, 6.07) is 4.29. The van der Waals surface area contributed by atoms with Crippen LogP contribution in [0.3, 0.4) is 0 Å². The maximum atomic E-state index is 2.22. The van der Waals surface area contributed by atoms with Gasteiger partial charge in [-0.25, -0.2) is 0 Å². The van der Waals surface area contributed by atoms with Crippen LogP contribution in [-0.4, -0.2) is 14.5 Å². The van der Waals surface area contributed by atoms with Crippen LogP contribution in [-0.2, 0) is 0 Å². The minimum atomic E-state index is 0.631. The Morgan fingerprint density at radius 2 is 2.50 bits per heavy atom. The molecule has 0 atom stereocenters. The van der Waals surface area contributed by atoms with E-state index in [-0.39, 0.29) is 0 Å². The standard InChI is InChI=1S/C7H8Se/c1-2-4-7-5-3-6-8-7/h2-6H,1H3/b4-2+. The second kappa shape index (κ2) is 2.91. The molecule has 0 aliphatic rings. The first kappa shape index (κ1) is 5.87. The zero-order valence-corrected chi connectivity index (χ0v) is 6.51. The van der Waals surface area contributed by atoms with Gasteiger partial charge in [0.05, 0.1) is 0 Å². The first-order chi connectivity index (χ1) is 3.93. The molecule has 0 N–H and O–H groups in total. The summed E-state index contributed by atoms with van der Waals surface area (Å²) in [4.78, 5) is 2.22. The summed E-state index contributed by atoms with van der Waals surface area (Å²) >= 11 is 0.631. The van der Waals surface area contributed by atoms with Crippen LogP contribution in [0.4, 0.5) is 0 Å². The van der Waals surface area contributed by atoms with Crippen molar-refractivity contribution in [2.24, 2.45) is 0 Å². The molecule has 0 saturated heterocycles. The van der Waals surface area contributed by atoms with E-state index in [1.54, 1.807) is 0 Å². The molecule has 0 aliphatic heterocycles. The second-order valence-corrected chi connectivity index (χ2v) is 3.57. The van der Waals surface area contributed by atoms with Gasteiger partial charge in [0.1, 0.15) is 0 Å². The molecule has 0 unspecified atom stereocenters. The summed E-state index contributed by atoms with van der Waals surface area (Å²) < 4.78 is 1.47. The average Bonchev–Trinajstić information content (AvgIpc) is 2.19. The van der Waals surface area contributed by atoms with Crippen LogP contribution in [0.25, 0.3) is 6.08 Å². The molecule has 0 spiro atoms. The molecule has 0 radical (unpaired) electrons. The van der Waals surface area contributed by atoms with Crippen LogP contribution < -0.4 is 0 Å². The van der Waals surface area contributed by atoms with E-state index in [1.807, 2.05) is 0 Å². The molecule has 1 aromatic rings. The third-order valence-corrected chi connectivity index (χ3v) is 2.63. The Labute approximate surface area is 55.6 Å². The summed E-state index contributed by atoms with van der Waals surface area (Å²) in [6.07, 6.45) is 4.25. The third kappa shape index (κ3) is 1.36. The summed E-state index contributed by atoms with van der Waals surface area (Å²) in [5, 5.41) is 0. The molecule has 1 heterocycles. The van der Waals surface area contributed by atoms with E-state index < -0.39 is 0 Å². The fourth-order valence-corrected chi connectivity index (χ4v) is 1.99. The van der Waals surface area contributed by atoms with Crippen LogP contribution in [0, 0.1) is 0 Å². The summed E-state index contributed by atoms with van der Waals surface area (Å²) in [7, 11) is 0. The van der Waals surface area contributed by atoms with E-state index in [0.29, 0.717) is 14.5 Å². The van der Waals surface area contributed by atoms with Crippen LogP contribution >= 0.6 is 0 Å². The molecule has 0 saturated carbocycles. The van der Waals surface area contributed by atoms with Gasteiger partial charge in [0, 0.05) is 0 Å². The van der Waals surface area contributed by atoms with Crippen molar-refractivity contribution in [1.29, 1.82) is 0 Å². The zero-order chi connectivity index (χ0) is 5.82. The van der Waals surface area contributed by atoms with Gasteiger partial charge in [-0.05, 0) is 0 Å². The Hall–Kier alpha value is -0.261. The quantitative estimate of drug-likeness (QED) is 0.565. The maximum absolute atomic E-state index is 2.22. The molecule has 0 amide bonds. The SMILES string of the molecule is C/C=C/c1ccc[se]1. The minimum absolute atomic E-state index is 0.631. The van der Waals surface area contributed by atoms with Gasteiger partial charge in [-0.15, -0.1) is 0 Å². The van der Waals surface area contributed by atoms with Gasteiger partial charge in [-0.2, -0.15) is 0 Å². The normalized spacial score (nSPS) is 10.6. The number of rotatable bonds is 1. The molecular weight excluding hydrogens is 163 g/mol. The Morgan fingerprint density at radius 1 is 1.62 bits per heavy atom. The van der Waals surface area contributed by atoms with Crippen molar-refractivity contribution in [2.45, 2.75) is 6.92 Å². The van der Waals surface area contributed by atoms with Crippen molar-refractivity contribution in [3.8, 4) is 0 Å². The van der Waals surface area contributed by atoms with Gasteiger partial charge in [-0.3, -0.25) is 0 Å². The fraction of sp³-hybridized carbons (Fsp3) is 0.143. The van der Waals surface area contributed by atoms with Gasteiger partial charge in [0.15, 0.2) is 0 Å². The van der Waals surface area contributed by atoms with Gasteiger partial charge in [-0.1, -0.05) is 0 Å². The Bertz CT molecular complexity index is 161. The van der Waals surface area contributed by atoms with Crippen LogP contribution in [0.15, 0.2) is 23.1 Å². The van der Waals surface area contributed by atoms with Crippen molar-refractivity contribution in [1.82, 2.24) is 0 Å². The molecular formula is C7H8Se. The Morgan fingerprint density at radius 3 is 3.00 bits per heavy atom. The average molecular weight is 171 g/mol. The second-order valence-electron chi connectivity index (χ2n) is 1.52. The van der Waals surface area contributed by atoms with Gasteiger partial charge >= 0.3 is 55.1 Å². The Kier molecular flexibility index (Phi) is 2.13.